The minimum absolute atomic E-state index is 0.00652. The first kappa shape index (κ1) is 28.3. The van der Waals surface area contributed by atoms with E-state index < -0.39 is 10.0 Å². The monoisotopic (exact) mass is 613 g/mol. The Morgan fingerprint density at radius 1 is 0.977 bits per heavy atom. The number of carbonyl (C=O) groups is 2. The van der Waals surface area contributed by atoms with Crippen molar-refractivity contribution >= 4 is 55.0 Å². The van der Waals surface area contributed by atoms with Gasteiger partial charge in [-0.2, -0.15) is 4.37 Å². The van der Waals surface area contributed by atoms with Crippen molar-refractivity contribution in [2.45, 2.75) is 11.4 Å². The number of sulfonamides is 1. The molecule has 0 bridgehead atoms. The van der Waals surface area contributed by atoms with Gasteiger partial charge in [-0.3, -0.25) is 9.59 Å². The maximum absolute atomic E-state index is 13.8. The number of benzene rings is 4. The maximum atomic E-state index is 13.8. The molecule has 1 aliphatic heterocycles. The summed E-state index contributed by atoms with van der Waals surface area (Å²) in [5.41, 5.74) is 8.78. The second-order valence-corrected chi connectivity index (χ2v) is 12.4. The third-order valence-electron chi connectivity index (χ3n) is 7.21. The Bertz CT molecular complexity index is 1960. The number of fused-ring (bicyclic) bond motifs is 2. The number of nitrogens with zero attached hydrogens (tertiary/aromatic N) is 3. The number of nitrogen functional groups attached to an aromatic ring is 1. The minimum Gasteiger partial charge on any atom is -0.490 e. The first-order chi connectivity index (χ1) is 20.7. The highest BCUT2D eigenvalue weighted by Gasteiger charge is 2.28. The van der Waals surface area contributed by atoms with Crippen LogP contribution < -0.4 is 20.5 Å². The molecule has 0 atom stereocenters. The van der Waals surface area contributed by atoms with Crippen LogP contribution in [0.2, 0.25) is 0 Å². The summed E-state index contributed by atoms with van der Waals surface area (Å²) in [6.45, 7) is 0.578. The number of ether oxygens (including phenoxy) is 1. The topological polar surface area (TPSA) is 149 Å². The third-order valence-corrected chi connectivity index (χ3v) is 9.00. The van der Waals surface area contributed by atoms with Crippen molar-refractivity contribution in [1.29, 1.82) is 0 Å². The van der Waals surface area contributed by atoms with Crippen LogP contribution in [0, 0.1) is 0 Å². The summed E-state index contributed by atoms with van der Waals surface area (Å²) < 4.78 is 35.2. The van der Waals surface area contributed by atoms with Gasteiger partial charge >= 0.3 is 0 Å². The van der Waals surface area contributed by atoms with Gasteiger partial charge in [0.2, 0.25) is 15.9 Å². The SMILES string of the molecule is Nc1nsc2cc(C(=O)N(CC(=O)N3CCOc4cc(-c5ccccc5S(N)(=O)=O)ccc43)Cc3ccccc3)ccc12. The highest BCUT2D eigenvalue weighted by atomic mass is 32.2. The average Bonchev–Trinajstić information content (AvgIpc) is 3.39. The molecule has 1 aliphatic rings. The predicted octanol–water partition coefficient (Wildman–Crippen LogP) is 4.26. The molecule has 0 unspecified atom stereocenters. The van der Waals surface area contributed by atoms with E-state index in [0.717, 1.165) is 15.6 Å². The molecule has 12 heteroatoms. The first-order valence-corrected chi connectivity index (χ1v) is 15.7. The summed E-state index contributed by atoms with van der Waals surface area (Å²) >= 11 is 1.22. The van der Waals surface area contributed by atoms with E-state index in [-0.39, 0.29) is 36.4 Å². The van der Waals surface area contributed by atoms with Crippen LogP contribution in [0.4, 0.5) is 11.5 Å². The molecule has 6 rings (SSSR count). The number of carbonyl (C=O) groups excluding carboxylic acids is 2. The van der Waals surface area contributed by atoms with E-state index in [0.29, 0.717) is 40.5 Å². The highest BCUT2D eigenvalue weighted by Crippen LogP contribution is 2.37. The summed E-state index contributed by atoms with van der Waals surface area (Å²) in [5.74, 6) is 0.261. The van der Waals surface area contributed by atoms with E-state index in [1.54, 1.807) is 59.5 Å². The summed E-state index contributed by atoms with van der Waals surface area (Å²) in [6, 6.07) is 26.3. The van der Waals surface area contributed by atoms with Crippen molar-refractivity contribution in [1.82, 2.24) is 9.27 Å². The van der Waals surface area contributed by atoms with E-state index >= 15 is 0 Å². The fourth-order valence-electron chi connectivity index (χ4n) is 5.12. The van der Waals surface area contributed by atoms with Gasteiger partial charge in [-0.15, -0.1) is 0 Å². The molecule has 0 saturated carbocycles. The summed E-state index contributed by atoms with van der Waals surface area (Å²) in [6.07, 6.45) is 0. The van der Waals surface area contributed by atoms with Crippen molar-refractivity contribution in [2.24, 2.45) is 5.14 Å². The number of aromatic nitrogens is 1. The van der Waals surface area contributed by atoms with E-state index in [9.17, 15) is 18.0 Å². The van der Waals surface area contributed by atoms with Crippen molar-refractivity contribution < 1.29 is 22.7 Å². The van der Waals surface area contributed by atoms with Crippen LogP contribution >= 0.6 is 11.5 Å². The van der Waals surface area contributed by atoms with Crippen LogP contribution in [0.1, 0.15) is 15.9 Å². The Kier molecular flexibility index (Phi) is 7.57. The summed E-state index contributed by atoms with van der Waals surface area (Å²) in [7, 11) is -3.96. The van der Waals surface area contributed by atoms with Gasteiger partial charge in [0.1, 0.15) is 24.7 Å². The standard InChI is InChI=1S/C31H27N5O5S2/c32-30-24-12-10-22(17-27(24)42-34-30)31(38)35(18-20-6-2-1-3-7-20)19-29(37)36-14-15-41-26-16-21(11-13-25(26)36)23-8-4-5-9-28(23)43(33,39)40/h1-13,16-17H,14-15,18-19H2,(H2,32,34)(H2,33,39,40). The number of primary sulfonamides is 1. The lowest BCUT2D eigenvalue weighted by Crippen LogP contribution is -2.45. The van der Waals surface area contributed by atoms with E-state index in [4.69, 9.17) is 15.6 Å². The smallest absolute Gasteiger partial charge is 0.254 e. The lowest BCUT2D eigenvalue weighted by Gasteiger charge is -2.32. The van der Waals surface area contributed by atoms with Crippen molar-refractivity contribution in [3.63, 3.8) is 0 Å². The van der Waals surface area contributed by atoms with Crippen LogP contribution in [-0.4, -0.2) is 49.2 Å². The molecule has 0 aliphatic carbocycles. The molecule has 0 fully saturated rings. The van der Waals surface area contributed by atoms with Crippen molar-refractivity contribution in [3.05, 3.63) is 102 Å². The fourth-order valence-corrected chi connectivity index (χ4v) is 6.63. The second-order valence-electron chi connectivity index (χ2n) is 10.0. The van der Waals surface area contributed by atoms with Crippen LogP contribution in [0.5, 0.6) is 5.75 Å². The average molecular weight is 614 g/mol. The normalized spacial score (nSPS) is 12.9. The molecule has 10 nitrogen and oxygen atoms in total. The fraction of sp³-hybridized carbons (Fsp3) is 0.129. The molecule has 4 N–H and O–H groups in total. The number of anilines is 2. The van der Waals surface area contributed by atoms with E-state index in [1.807, 2.05) is 30.3 Å². The zero-order valence-corrected chi connectivity index (χ0v) is 24.5. The quantitative estimate of drug-likeness (QED) is 0.279. The van der Waals surface area contributed by atoms with Gasteiger partial charge in [0.05, 0.1) is 21.8 Å². The molecule has 43 heavy (non-hydrogen) atoms. The Labute approximate surface area is 252 Å². The minimum atomic E-state index is -3.96. The number of nitrogens with two attached hydrogens (primary N) is 2. The van der Waals surface area contributed by atoms with Crippen molar-refractivity contribution in [3.8, 4) is 16.9 Å². The molecule has 2 heterocycles. The molecule has 4 aromatic carbocycles. The van der Waals surface area contributed by atoms with E-state index in [1.165, 1.54) is 22.5 Å². The molecule has 0 spiro atoms. The van der Waals surface area contributed by atoms with Crippen LogP contribution in [0.3, 0.4) is 0 Å². The Morgan fingerprint density at radius 2 is 1.74 bits per heavy atom. The Hall–Kier alpha value is -4.78. The zero-order chi connectivity index (χ0) is 30.1. The number of amides is 2. The highest BCUT2D eigenvalue weighted by molar-refractivity contribution is 7.89. The van der Waals surface area contributed by atoms with Crippen molar-refractivity contribution in [2.75, 3.05) is 30.3 Å². The zero-order valence-electron chi connectivity index (χ0n) is 22.8. The van der Waals surface area contributed by atoms with E-state index in [2.05, 4.69) is 4.37 Å². The van der Waals surface area contributed by atoms with Crippen LogP contribution in [0.25, 0.3) is 21.2 Å². The van der Waals surface area contributed by atoms with Gasteiger partial charge in [0.25, 0.3) is 5.91 Å². The number of hydrogen-bond donors (Lipinski definition) is 2. The molecular weight excluding hydrogens is 587 g/mol. The Morgan fingerprint density at radius 3 is 2.53 bits per heavy atom. The summed E-state index contributed by atoms with van der Waals surface area (Å²) in [5, 5.41) is 6.22. The molecular formula is C31H27N5O5S2. The third kappa shape index (κ3) is 5.80. The molecule has 2 amide bonds. The molecule has 5 aromatic rings. The first-order valence-electron chi connectivity index (χ1n) is 13.4. The van der Waals surface area contributed by atoms with Gasteiger partial charge < -0.3 is 20.3 Å². The maximum Gasteiger partial charge on any atom is 0.254 e. The van der Waals surface area contributed by atoms with Gasteiger partial charge in [0.15, 0.2) is 0 Å². The molecule has 1 aromatic heterocycles. The number of rotatable bonds is 7. The second kappa shape index (κ2) is 11.5. The van der Waals surface area contributed by atoms with Gasteiger partial charge in [0, 0.05) is 23.1 Å². The molecule has 0 radical (unpaired) electrons. The largest absolute Gasteiger partial charge is 0.490 e. The molecule has 0 saturated heterocycles. The van der Waals surface area contributed by atoms with Crippen LogP contribution in [-0.2, 0) is 21.4 Å². The predicted molar refractivity (Wildman–Crippen MR) is 166 cm³/mol. The van der Waals surface area contributed by atoms with Crippen LogP contribution in [0.15, 0.2) is 95.9 Å². The number of hydrogen-bond acceptors (Lipinski definition) is 8. The lowest BCUT2D eigenvalue weighted by atomic mass is 10.0. The van der Waals surface area contributed by atoms with Gasteiger partial charge in [-0.1, -0.05) is 54.6 Å². The Balaban J connectivity index is 1.29. The molecule has 218 valence electrons. The summed E-state index contributed by atoms with van der Waals surface area (Å²) in [4.78, 5) is 30.7. The van der Waals surface area contributed by atoms with Gasteiger partial charge in [-0.25, -0.2) is 13.6 Å². The van der Waals surface area contributed by atoms with Gasteiger partial charge in [-0.05, 0) is 59.1 Å². The lowest BCUT2D eigenvalue weighted by molar-refractivity contribution is -0.119.